The van der Waals surface area contributed by atoms with Crippen molar-refractivity contribution in [2.45, 2.75) is 19.3 Å². The van der Waals surface area contributed by atoms with Crippen molar-refractivity contribution in [3.8, 4) is 0 Å². The normalized spacial score (nSPS) is 15.9. The van der Waals surface area contributed by atoms with E-state index in [-0.39, 0.29) is 12.5 Å². The van der Waals surface area contributed by atoms with Crippen LogP contribution in [0.1, 0.15) is 29.8 Å². The summed E-state index contributed by atoms with van der Waals surface area (Å²) in [6.45, 7) is 1.73. The number of hydrazine groups is 1. The Hall–Kier alpha value is -1.72. The van der Waals surface area contributed by atoms with Crippen molar-refractivity contribution in [1.29, 1.82) is 0 Å². The molecule has 0 bridgehead atoms. The minimum absolute atomic E-state index is 0.177. The number of aromatic nitrogens is 1. The van der Waals surface area contributed by atoms with E-state index in [1.807, 2.05) is 5.01 Å². The van der Waals surface area contributed by atoms with Crippen LogP contribution in [0.25, 0.3) is 0 Å². The second-order valence-electron chi connectivity index (χ2n) is 4.56. The average molecular weight is 261 g/mol. The Morgan fingerprint density at radius 3 is 3.11 bits per heavy atom. The average Bonchev–Trinajstić information content (AvgIpc) is 2.46. The molecular formula is C14H19N3O2. The number of hydrogen-bond acceptors (Lipinski definition) is 4. The topological polar surface area (TPSA) is 65.5 Å². The predicted octanol–water partition coefficient (Wildman–Crippen LogP) is 1.13. The molecule has 5 heteroatoms. The van der Waals surface area contributed by atoms with Gasteiger partial charge in [-0.3, -0.25) is 15.2 Å². The maximum Gasteiger partial charge on any atom is 0.284 e. The van der Waals surface area contributed by atoms with E-state index in [0.717, 1.165) is 32.4 Å². The van der Waals surface area contributed by atoms with Gasteiger partial charge in [0.15, 0.2) is 0 Å². The Labute approximate surface area is 112 Å². The summed E-state index contributed by atoms with van der Waals surface area (Å²) in [6.07, 6.45) is 6.38. The fourth-order valence-electron chi connectivity index (χ4n) is 2.09. The Morgan fingerprint density at radius 1 is 1.47 bits per heavy atom. The van der Waals surface area contributed by atoms with Crippen molar-refractivity contribution < 1.29 is 9.90 Å². The second kappa shape index (κ2) is 7.01. The summed E-state index contributed by atoms with van der Waals surface area (Å²) in [6, 6.07) is 5.28. The van der Waals surface area contributed by atoms with Gasteiger partial charge < -0.3 is 5.11 Å². The molecule has 0 aliphatic carbocycles. The maximum absolute atomic E-state index is 12.0. The minimum atomic E-state index is -0.177. The van der Waals surface area contributed by atoms with Crippen LogP contribution in [0.4, 0.5) is 0 Å². The number of carbonyl (C=O) groups is 1. The SMILES string of the molecule is O=C(NN1CCC=C(CCCO)C1)c1ccccn1. The van der Waals surface area contributed by atoms with E-state index in [1.165, 1.54) is 5.57 Å². The van der Waals surface area contributed by atoms with Crippen LogP contribution >= 0.6 is 0 Å². The molecule has 0 radical (unpaired) electrons. The highest BCUT2D eigenvalue weighted by Crippen LogP contribution is 2.13. The lowest BCUT2D eigenvalue weighted by molar-refractivity contribution is 0.0792. The van der Waals surface area contributed by atoms with Gasteiger partial charge in [-0.05, 0) is 31.4 Å². The number of aliphatic hydroxyl groups excluding tert-OH is 1. The largest absolute Gasteiger partial charge is 0.396 e. The lowest BCUT2D eigenvalue weighted by atomic mass is 10.1. The first-order chi connectivity index (χ1) is 9.29. The number of hydrogen-bond donors (Lipinski definition) is 2. The first-order valence-corrected chi connectivity index (χ1v) is 6.55. The molecule has 1 amide bonds. The van der Waals surface area contributed by atoms with Gasteiger partial charge in [0.05, 0.1) is 0 Å². The molecule has 0 aromatic carbocycles. The van der Waals surface area contributed by atoms with Crippen molar-refractivity contribution in [2.75, 3.05) is 19.7 Å². The molecule has 0 fully saturated rings. The van der Waals surface area contributed by atoms with Gasteiger partial charge >= 0.3 is 0 Å². The number of aliphatic hydroxyl groups is 1. The number of rotatable bonds is 5. The van der Waals surface area contributed by atoms with Gasteiger partial charge in [-0.15, -0.1) is 0 Å². The van der Waals surface area contributed by atoms with E-state index in [9.17, 15) is 4.79 Å². The third kappa shape index (κ3) is 4.15. The van der Waals surface area contributed by atoms with Gasteiger partial charge in [0.2, 0.25) is 0 Å². The molecule has 1 aromatic heterocycles. The first-order valence-electron chi connectivity index (χ1n) is 6.55. The molecule has 2 N–H and O–H groups in total. The number of pyridine rings is 1. The Kier molecular flexibility index (Phi) is 5.06. The van der Waals surface area contributed by atoms with E-state index in [0.29, 0.717) is 5.69 Å². The fourth-order valence-corrected chi connectivity index (χ4v) is 2.09. The monoisotopic (exact) mass is 261 g/mol. The summed E-state index contributed by atoms with van der Waals surface area (Å²) in [4.78, 5) is 16.0. The Balaban J connectivity index is 1.87. The number of amides is 1. The smallest absolute Gasteiger partial charge is 0.284 e. The second-order valence-corrected chi connectivity index (χ2v) is 4.56. The summed E-state index contributed by atoms with van der Waals surface area (Å²) in [5, 5.41) is 10.7. The highest BCUT2D eigenvalue weighted by Gasteiger charge is 2.15. The number of carbonyl (C=O) groups excluding carboxylic acids is 1. The summed E-state index contributed by atoms with van der Waals surface area (Å²) < 4.78 is 0. The molecule has 1 aromatic rings. The molecule has 19 heavy (non-hydrogen) atoms. The van der Waals surface area contributed by atoms with E-state index < -0.39 is 0 Å². The fraction of sp³-hybridized carbons (Fsp3) is 0.429. The van der Waals surface area contributed by atoms with Crippen LogP contribution in [0.2, 0.25) is 0 Å². The van der Waals surface area contributed by atoms with Crippen LogP contribution in [0, 0.1) is 0 Å². The number of nitrogens with one attached hydrogen (secondary N) is 1. The third-order valence-electron chi connectivity index (χ3n) is 3.04. The molecule has 102 valence electrons. The van der Waals surface area contributed by atoms with Crippen molar-refractivity contribution in [3.05, 3.63) is 41.7 Å². The summed E-state index contributed by atoms with van der Waals surface area (Å²) in [7, 11) is 0. The van der Waals surface area contributed by atoms with E-state index in [4.69, 9.17) is 5.11 Å². The van der Waals surface area contributed by atoms with Gasteiger partial charge in [-0.1, -0.05) is 17.7 Å². The van der Waals surface area contributed by atoms with Gasteiger partial charge in [-0.2, -0.15) is 0 Å². The standard InChI is InChI=1S/C14H19N3O2/c18-10-4-6-12-5-3-9-17(11-12)16-14(19)13-7-1-2-8-15-13/h1-2,5,7-8,18H,3-4,6,9-11H2,(H,16,19). The van der Waals surface area contributed by atoms with Crippen LogP contribution in [0.3, 0.4) is 0 Å². The molecule has 1 aliphatic rings. The van der Waals surface area contributed by atoms with Crippen molar-refractivity contribution >= 4 is 5.91 Å². The van der Waals surface area contributed by atoms with Gasteiger partial charge in [-0.25, -0.2) is 5.01 Å². The summed E-state index contributed by atoms with van der Waals surface area (Å²) in [5.74, 6) is -0.177. The molecule has 0 spiro atoms. The van der Waals surface area contributed by atoms with Gasteiger partial charge in [0.25, 0.3) is 5.91 Å². The molecule has 2 rings (SSSR count). The lowest BCUT2D eigenvalue weighted by Gasteiger charge is -2.27. The number of nitrogens with zero attached hydrogens (tertiary/aromatic N) is 2. The quantitative estimate of drug-likeness (QED) is 0.780. The van der Waals surface area contributed by atoms with Crippen LogP contribution in [0.5, 0.6) is 0 Å². The zero-order chi connectivity index (χ0) is 13.5. The molecule has 1 aliphatic heterocycles. The van der Waals surface area contributed by atoms with Gasteiger partial charge in [0.1, 0.15) is 5.69 Å². The van der Waals surface area contributed by atoms with E-state index >= 15 is 0 Å². The first kappa shape index (κ1) is 13.7. The lowest BCUT2D eigenvalue weighted by Crippen LogP contribution is -2.45. The maximum atomic E-state index is 12.0. The minimum Gasteiger partial charge on any atom is -0.396 e. The zero-order valence-electron chi connectivity index (χ0n) is 10.9. The molecule has 2 heterocycles. The van der Waals surface area contributed by atoms with Crippen molar-refractivity contribution in [2.24, 2.45) is 0 Å². The third-order valence-corrected chi connectivity index (χ3v) is 3.04. The zero-order valence-corrected chi connectivity index (χ0v) is 10.9. The van der Waals surface area contributed by atoms with E-state index in [2.05, 4.69) is 16.5 Å². The Bertz CT molecular complexity index is 445. The molecule has 0 saturated carbocycles. The van der Waals surface area contributed by atoms with E-state index in [1.54, 1.807) is 24.4 Å². The van der Waals surface area contributed by atoms with Gasteiger partial charge in [0, 0.05) is 25.9 Å². The van der Waals surface area contributed by atoms with Crippen molar-refractivity contribution in [3.63, 3.8) is 0 Å². The Morgan fingerprint density at radius 2 is 2.37 bits per heavy atom. The van der Waals surface area contributed by atoms with Crippen molar-refractivity contribution in [1.82, 2.24) is 15.4 Å². The molecule has 0 saturated heterocycles. The summed E-state index contributed by atoms with van der Waals surface area (Å²) >= 11 is 0. The highest BCUT2D eigenvalue weighted by atomic mass is 16.2. The molecule has 5 nitrogen and oxygen atoms in total. The van der Waals surface area contributed by atoms with Crippen LogP contribution in [0.15, 0.2) is 36.0 Å². The summed E-state index contributed by atoms with van der Waals surface area (Å²) in [5.41, 5.74) is 4.56. The molecular weight excluding hydrogens is 242 g/mol. The highest BCUT2D eigenvalue weighted by molar-refractivity contribution is 5.91. The van der Waals surface area contributed by atoms with Crippen LogP contribution < -0.4 is 5.43 Å². The molecule has 0 unspecified atom stereocenters. The van der Waals surface area contributed by atoms with Crippen LogP contribution in [-0.4, -0.2) is 40.7 Å². The molecule has 0 atom stereocenters. The van der Waals surface area contributed by atoms with Crippen LogP contribution in [-0.2, 0) is 0 Å². The predicted molar refractivity (Wildman–Crippen MR) is 72.3 cm³/mol.